The molecule has 2 heterocycles. The molecular formula is C15H15N5OS2. The van der Waals surface area contributed by atoms with E-state index >= 15 is 0 Å². The van der Waals surface area contributed by atoms with Crippen LogP contribution in [0.15, 0.2) is 40.0 Å². The molecule has 3 rings (SSSR count). The minimum absolute atomic E-state index is 0.111. The number of rotatable bonds is 6. The zero-order chi connectivity index (χ0) is 16.2. The van der Waals surface area contributed by atoms with Gasteiger partial charge in [0, 0.05) is 6.54 Å². The van der Waals surface area contributed by atoms with Crippen LogP contribution in [0.4, 0.5) is 5.13 Å². The van der Waals surface area contributed by atoms with Crippen molar-refractivity contribution in [2.75, 3.05) is 11.9 Å². The number of nitrogens with one attached hydrogen (secondary N) is 2. The monoisotopic (exact) mass is 345 g/mol. The summed E-state index contributed by atoms with van der Waals surface area (Å²) in [5.74, 6) is 1.17. The first-order chi connectivity index (χ1) is 11.2. The van der Waals surface area contributed by atoms with Crippen molar-refractivity contribution >= 4 is 39.1 Å². The van der Waals surface area contributed by atoms with Crippen LogP contribution in [0.3, 0.4) is 0 Å². The number of aryl methyl sites for hydroxylation is 1. The molecule has 0 bridgehead atoms. The summed E-state index contributed by atoms with van der Waals surface area (Å²) in [7, 11) is 0. The molecule has 2 N–H and O–H groups in total. The number of anilines is 1. The first-order valence-electron chi connectivity index (χ1n) is 6.97. The Labute approximate surface area is 141 Å². The van der Waals surface area contributed by atoms with E-state index in [9.17, 15) is 4.79 Å². The molecule has 0 unspecified atom stereocenters. The molecule has 3 aromatic rings. The minimum Gasteiger partial charge on any atom is -0.357 e. The highest BCUT2D eigenvalue weighted by atomic mass is 32.2. The molecule has 1 aromatic carbocycles. The second kappa shape index (κ2) is 6.93. The normalized spacial score (nSPS) is 10.8. The van der Waals surface area contributed by atoms with E-state index < -0.39 is 0 Å². The van der Waals surface area contributed by atoms with Gasteiger partial charge in [-0.25, -0.2) is 4.98 Å². The van der Waals surface area contributed by atoms with Crippen LogP contribution in [0.1, 0.15) is 11.4 Å². The third-order valence-corrected chi connectivity index (χ3v) is 5.15. The maximum absolute atomic E-state index is 12.1. The molecule has 0 saturated heterocycles. The van der Waals surface area contributed by atoms with Crippen molar-refractivity contribution in [2.45, 2.75) is 17.0 Å². The van der Waals surface area contributed by atoms with E-state index in [1.165, 1.54) is 23.1 Å². The number of fused-ring (bicyclic) bond motifs is 1. The van der Waals surface area contributed by atoms with Crippen LogP contribution < -0.4 is 10.9 Å². The van der Waals surface area contributed by atoms with Crippen LogP contribution in [0.2, 0.25) is 0 Å². The maximum Gasteiger partial charge on any atom is 0.258 e. The summed E-state index contributed by atoms with van der Waals surface area (Å²) in [4.78, 5) is 19.5. The quantitative estimate of drug-likeness (QED) is 0.528. The molecule has 0 fully saturated rings. The Morgan fingerprint density at radius 1 is 1.43 bits per heavy atom. The molecule has 0 spiro atoms. The molecule has 0 aliphatic carbocycles. The van der Waals surface area contributed by atoms with E-state index in [0.717, 1.165) is 20.6 Å². The van der Waals surface area contributed by atoms with E-state index in [-0.39, 0.29) is 5.56 Å². The van der Waals surface area contributed by atoms with Crippen molar-refractivity contribution < 1.29 is 0 Å². The zero-order valence-corrected chi connectivity index (χ0v) is 14.1. The SMILES string of the molecule is C=CCNc1nnc(SCc2nc3c(C)cccc3c(=O)[nH]2)s1. The second-order valence-corrected chi connectivity index (χ2v) is 7.02. The van der Waals surface area contributed by atoms with Crippen LogP contribution in [0.5, 0.6) is 0 Å². The van der Waals surface area contributed by atoms with Gasteiger partial charge in [0.25, 0.3) is 5.56 Å². The molecule has 0 aliphatic rings. The number of aromatic nitrogens is 4. The topological polar surface area (TPSA) is 83.6 Å². The first-order valence-corrected chi connectivity index (χ1v) is 8.77. The lowest BCUT2D eigenvalue weighted by atomic mass is 10.1. The molecule has 0 radical (unpaired) electrons. The van der Waals surface area contributed by atoms with Gasteiger partial charge >= 0.3 is 0 Å². The lowest BCUT2D eigenvalue weighted by Crippen LogP contribution is -2.11. The molecule has 23 heavy (non-hydrogen) atoms. The number of para-hydroxylation sites is 1. The number of aromatic amines is 1. The van der Waals surface area contributed by atoms with Crippen molar-refractivity contribution in [3.63, 3.8) is 0 Å². The average Bonchev–Trinajstić information content (AvgIpc) is 3.00. The summed E-state index contributed by atoms with van der Waals surface area (Å²) in [6.07, 6.45) is 1.76. The number of nitrogens with zero attached hydrogens (tertiary/aromatic N) is 3. The molecular weight excluding hydrogens is 330 g/mol. The van der Waals surface area contributed by atoms with Gasteiger partial charge < -0.3 is 10.3 Å². The van der Waals surface area contributed by atoms with Crippen molar-refractivity contribution in [3.8, 4) is 0 Å². The fourth-order valence-electron chi connectivity index (χ4n) is 2.05. The zero-order valence-electron chi connectivity index (χ0n) is 12.5. The Balaban J connectivity index is 1.77. The number of H-pyrrole nitrogens is 1. The third kappa shape index (κ3) is 3.59. The summed E-state index contributed by atoms with van der Waals surface area (Å²) in [5.41, 5.74) is 1.63. The van der Waals surface area contributed by atoms with Crippen LogP contribution >= 0.6 is 23.1 Å². The van der Waals surface area contributed by atoms with Gasteiger partial charge in [-0.05, 0) is 18.6 Å². The van der Waals surface area contributed by atoms with Gasteiger partial charge in [0.2, 0.25) is 5.13 Å². The minimum atomic E-state index is -0.111. The molecule has 2 aromatic heterocycles. The van der Waals surface area contributed by atoms with E-state index in [4.69, 9.17) is 0 Å². The third-order valence-electron chi connectivity index (χ3n) is 3.12. The van der Waals surface area contributed by atoms with Crippen LogP contribution in [0, 0.1) is 6.92 Å². The van der Waals surface area contributed by atoms with E-state index in [0.29, 0.717) is 23.5 Å². The maximum atomic E-state index is 12.1. The van der Waals surface area contributed by atoms with Gasteiger partial charge in [-0.3, -0.25) is 4.79 Å². The lowest BCUT2D eigenvalue weighted by Gasteiger charge is -2.03. The fourth-order valence-corrected chi connectivity index (χ4v) is 3.68. The molecule has 0 saturated carbocycles. The highest BCUT2D eigenvalue weighted by Crippen LogP contribution is 2.27. The van der Waals surface area contributed by atoms with Gasteiger partial charge in [-0.2, -0.15) is 0 Å². The van der Waals surface area contributed by atoms with Crippen molar-refractivity contribution in [3.05, 3.63) is 52.6 Å². The summed E-state index contributed by atoms with van der Waals surface area (Å²) < 4.78 is 0.823. The smallest absolute Gasteiger partial charge is 0.258 e. The number of hydrogen-bond donors (Lipinski definition) is 2. The fraction of sp³-hybridized carbons (Fsp3) is 0.200. The van der Waals surface area contributed by atoms with Gasteiger partial charge in [-0.15, -0.1) is 16.8 Å². The lowest BCUT2D eigenvalue weighted by molar-refractivity contribution is 0.998. The van der Waals surface area contributed by atoms with E-state index in [1.807, 2.05) is 19.1 Å². The Morgan fingerprint density at radius 3 is 3.13 bits per heavy atom. The summed E-state index contributed by atoms with van der Waals surface area (Å²) in [6, 6.07) is 5.60. The number of hydrogen-bond acceptors (Lipinski definition) is 7. The second-order valence-electron chi connectivity index (χ2n) is 4.82. The highest BCUT2D eigenvalue weighted by molar-refractivity contribution is 8.00. The van der Waals surface area contributed by atoms with Gasteiger partial charge in [0.15, 0.2) is 4.34 Å². The van der Waals surface area contributed by atoms with Gasteiger partial charge in [-0.1, -0.05) is 41.3 Å². The molecule has 0 amide bonds. The molecule has 0 aliphatic heterocycles. The standard InChI is InChI=1S/C15H15N5OS2/c1-3-7-16-14-19-20-15(23-14)22-8-11-17-12-9(2)5-4-6-10(12)13(21)18-11/h3-6H,1,7-8H2,2H3,(H,16,19)(H,17,18,21). The van der Waals surface area contributed by atoms with Crippen molar-refractivity contribution in [2.24, 2.45) is 0 Å². The summed E-state index contributed by atoms with van der Waals surface area (Å²) >= 11 is 2.96. The summed E-state index contributed by atoms with van der Waals surface area (Å²) in [6.45, 7) is 6.25. The predicted molar refractivity (Wildman–Crippen MR) is 95.3 cm³/mol. The number of benzene rings is 1. The highest BCUT2D eigenvalue weighted by Gasteiger charge is 2.08. The van der Waals surface area contributed by atoms with Crippen LogP contribution in [0.25, 0.3) is 10.9 Å². The molecule has 118 valence electrons. The molecule has 8 heteroatoms. The van der Waals surface area contributed by atoms with Crippen LogP contribution in [-0.2, 0) is 5.75 Å². The Bertz CT molecular complexity index is 902. The van der Waals surface area contributed by atoms with Crippen molar-refractivity contribution in [1.82, 2.24) is 20.2 Å². The van der Waals surface area contributed by atoms with E-state index in [1.54, 1.807) is 12.1 Å². The van der Waals surface area contributed by atoms with Crippen molar-refractivity contribution in [1.29, 1.82) is 0 Å². The Kier molecular flexibility index (Phi) is 4.73. The van der Waals surface area contributed by atoms with Gasteiger partial charge in [0.1, 0.15) is 5.82 Å². The molecule has 6 nitrogen and oxygen atoms in total. The number of thioether (sulfide) groups is 1. The van der Waals surface area contributed by atoms with Crippen LogP contribution in [-0.4, -0.2) is 26.7 Å². The predicted octanol–water partition coefficient (Wildman–Crippen LogP) is 2.97. The Hall–Kier alpha value is -2.19. The molecule has 0 atom stereocenters. The van der Waals surface area contributed by atoms with Gasteiger partial charge in [0.05, 0.1) is 16.7 Å². The largest absolute Gasteiger partial charge is 0.357 e. The Morgan fingerprint density at radius 2 is 2.30 bits per heavy atom. The first kappa shape index (κ1) is 15.7. The average molecular weight is 345 g/mol. The van der Waals surface area contributed by atoms with E-state index in [2.05, 4.69) is 32.1 Å². The summed E-state index contributed by atoms with van der Waals surface area (Å²) in [5, 5.41) is 12.6.